The highest BCUT2D eigenvalue weighted by Crippen LogP contribution is 2.30. The molecule has 2 aromatic heterocycles. The minimum atomic E-state index is 0.904. The zero-order chi connectivity index (χ0) is 18.6. The van der Waals surface area contributed by atoms with Gasteiger partial charge in [0.15, 0.2) is 0 Å². The van der Waals surface area contributed by atoms with Crippen molar-refractivity contribution in [3.63, 3.8) is 0 Å². The quantitative estimate of drug-likeness (QED) is 0.409. The summed E-state index contributed by atoms with van der Waals surface area (Å²) in [5.41, 5.74) is 4.92. The van der Waals surface area contributed by atoms with E-state index in [4.69, 9.17) is 4.98 Å². The van der Waals surface area contributed by atoms with Crippen LogP contribution in [0.3, 0.4) is 0 Å². The van der Waals surface area contributed by atoms with E-state index in [2.05, 4.69) is 84.1 Å². The SMILES string of the molecule is CN(C)CCc1c[nH]c2ccc(-c3nc(CSc4ccccc4)cs3)cc12. The van der Waals surface area contributed by atoms with Crippen molar-refractivity contribution in [2.75, 3.05) is 20.6 Å². The van der Waals surface area contributed by atoms with Gasteiger partial charge in [-0.15, -0.1) is 23.1 Å². The van der Waals surface area contributed by atoms with Gasteiger partial charge in [0.1, 0.15) is 5.01 Å². The van der Waals surface area contributed by atoms with E-state index >= 15 is 0 Å². The molecule has 0 unspecified atom stereocenters. The van der Waals surface area contributed by atoms with Crippen LogP contribution in [-0.4, -0.2) is 35.5 Å². The molecule has 0 aliphatic carbocycles. The third-order valence-corrected chi connectivity index (χ3v) is 6.51. The van der Waals surface area contributed by atoms with Crippen LogP contribution in [0.2, 0.25) is 0 Å². The summed E-state index contributed by atoms with van der Waals surface area (Å²) in [4.78, 5) is 11.8. The zero-order valence-corrected chi connectivity index (χ0v) is 17.2. The van der Waals surface area contributed by atoms with Gasteiger partial charge in [0, 0.05) is 45.2 Å². The van der Waals surface area contributed by atoms with Crippen LogP contribution in [0.15, 0.2) is 65.0 Å². The molecule has 4 aromatic rings. The fraction of sp³-hybridized carbons (Fsp3) is 0.227. The molecule has 0 radical (unpaired) electrons. The van der Waals surface area contributed by atoms with Gasteiger partial charge in [0.2, 0.25) is 0 Å². The van der Waals surface area contributed by atoms with E-state index in [0.717, 1.165) is 29.4 Å². The first kappa shape index (κ1) is 18.3. The number of aromatic amines is 1. The standard InChI is InChI=1S/C22H23N3S2/c1-25(2)11-10-17-13-23-21-9-8-16(12-20(17)21)22-24-18(15-27-22)14-26-19-6-4-3-5-7-19/h3-9,12-13,15,23H,10-11,14H2,1-2H3. The predicted octanol–water partition coefficient (Wildman–Crippen LogP) is 5.69. The summed E-state index contributed by atoms with van der Waals surface area (Å²) >= 11 is 3.56. The number of nitrogens with zero attached hydrogens (tertiary/aromatic N) is 2. The second-order valence-corrected chi connectivity index (χ2v) is 8.78. The predicted molar refractivity (Wildman–Crippen MR) is 118 cm³/mol. The van der Waals surface area contributed by atoms with Gasteiger partial charge < -0.3 is 9.88 Å². The summed E-state index contributed by atoms with van der Waals surface area (Å²) in [7, 11) is 4.23. The fourth-order valence-corrected chi connectivity index (χ4v) is 4.78. The summed E-state index contributed by atoms with van der Waals surface area (Å²) in [5.74, 6) is 0.904. The number of likely N-dealkylation sites (N-methyl/N-ethyl adjacent to an activating group) is 1. The lowest BCUT2D eigenvalue weighted by molar-refractivity contribution is 0.414. The first-order valence-corrected chi connectivity index (χ1v) is 10.9. The lowest BCUT2D eigenvalue weighted by atomic mass is 10.1. The van der Waals surface area contributed by atoms with Crippen molar-refractivity contribution >= 4 is 34.0 Å². The minimum Gasteiger partial charge on any atom is -0.361 e. The van der Waals surface area contributed by atoms with Gasteiger partial charge in [-0.05, 0) is 56.4 Å². The van der Waals surface area contributed by atoms with Crippen LogP contribution >= 0.6 is 23.1 Å². The van der Waals surface area contributed by atoms with Crippen molar-refractivity contribution in [2.45, 2.75) is 17.1 Å². The Labute approximate surface area is 168 Å². The molecule has 2 aromatic carbocycles. The van der Waals surface area contributed by atoms with Gasteiger partial charge in [0.25, 0.3) is 0 Å². The molecule has 0 atom stereocenters. The number of nitrogens with one attached hydrogen (secondary N) is 1. The average Bonchev–Trinajstić information content (AvgIpc) is 3.32. The van der Waals surface area contributed by atoms with E-state index in [0.29, 0.717) is 0 Å². The van der Waals surface area contributed by atoms with Gasteiger partial charge in [0.05, 0.1) is 5.69 Å². The van der Waals surface area contributed by atoms with E-state index in [1.54, 1.807) is 11.3 Å². The number of thiazole rings is 1. The van der Waals surface area contributed by atoms with Crippen molar-refractivity contribution in [1.29, 1.82) is 0 Å². The summed E-state index contributed by atoms with van der Waals surface area (Å²) in [6.07, 6.45) is 3.19. The van der Waals surface area contributed by atoms with Crippen molar-refractivity contribution in [3.8, 4) is 10.6 Å². The molecule has 0 aliphatic rings. The maximum atomic E-state index is 4.87. The van der Waals surface area contributed by atoms with E-state index in [9.17, 15) is 0 Å². The van der Waals surface area contributed by atoms with Crippen molar-refractivity contribution in [3.05, 3.63) is 71.4 Å². The first-order valence-electron chi connectivity index (χ1n) is 9.06. The molecule has 1 N–H and O–H groups in total. The smallest absolute Gasteiger partial charge is 0.123 e. The van der Waals surface area contributed by atoms with Gasteiger partial charge in [-0.25, -0.2) is 4.98 Å². The Hall–Kier alpha value is -2.08. The van der Waals surface area contributed by atoms with Gasteiger partial charge >= 0.3 is 0 Å². The highest BCUT2D eigenvalue weighted by molar-refractivity contribution is 7.98. The Kier molecular flexibility index (Phi) is 5.62. The lowest BCUT2D eigenvalue weighted by Gasteiger charge is -2.08. The number of hydrogen-bond acceptors (Lipinski definition) is 4. The number of fused-ring (bicyclic) bond motifs is 1. The Morgan fingerprint density at radius 3 is 2.78 bits per heavy atom. The Bertz CT molecular complexity index is 1020. The lowest BCUT2D eigenvalue weighted by Crippen LogP contribution is -2.14. The fourth-order valence-electron chi connectivity index (χ4n) is 3.04. The van der Waals surface area contributed by atoms with Crippen LogP contribution in [0.25, 0.3) is 21.5 Å². The third-order valence-electron chi connectivity index (χ3n) is 4.52. The maximum absolute atomic E-state index is 4.87. The average molecular weight is 394 g/mol. The topological polar surface area (TPSA) is 31.9 Å². The van der Waals surface area contributed by atoms with Gasteiger partial charge in [-0.2, -0.15) is 0 Å². The summed E-state index contributed by atoms with van der Waals surface area (Å²) < 4.78 is 0. The number of rotatable bonds is 7. The Morgan fingerprint density at radius 2 is 1.96 bits per heavy atom. The van der Waals surface area contributed by atoms with Crippen molar-refractivity contribution < 1.29 is 0 Å². The monoisotopic (exact) mass is 393 g/mol. The molecule has 27 heavy (non-hydrogen) atoms. The number of hydrogen-bond donors (Lipinski definition) is 1. The largest absolute Gasteiger partial charge is 0.361 e. The normalized spacial score (nSPS) is 11.5. The molecule has 0 fully saturated rings. The number of H-pyrrole nitrogens is 1. The van der Waals surface area contributed by atoms with Crippen LogP contribution in [-0.2, 0) is 12.2 Å². The van der Waals surface area contributed by atoms with E-state index < -0.39 is 0 Å². The van der Waals surface area contributed by atoms with Crippen LogP contribution in [0.4, 0.5) is 0 Å². The summed E-state index contributed by atoms with van der Waals surface area (Å²) in [6, 6.07) is 17.1. The summed E-state index contributed by atoms with van der Waals surface area (Å²) in [6.45, 7) is 1.05. The van der Waals surface area contributed by atoms with Crippen LogP contribution in [0.1, 0.15) is 11.3 Å². The maximum Gasteiger partial charge on any atom is 0.123 e. The Balaban J connectivity index is 1.52. The van der Waals surface area contributed by atoms with Crippen LogP contribution in [0, 0.1) is 0 Å². The number of thioether (sulfide) groups is 1. The van der Waals surface area contributed by atoms with Crippen molar-refractivity contribution in [1.82, 2.24) is 14.9 Å². The van der Waals surface area contributed by atoms with Crippen LogP contribution in [0.5, 0.6) is 0 Å². The molecule has 0 bridgehead atoms. The molecule has 4 rings (SSSR count). The molecule has 0 aliphatic heterocycles. The van der Waals surface area contributed by atoms with E-state index in [1.165, 1.54) is 26.9 Å². The van der Waals surface area contributed by atoms with Gasteiger partial charge in [-0.1, -0.05) is 18.2 Å². The molecule has 0 amide bonds. The van der Waals surface area contributed by atoms with E-state index in [-0.39, 0.29) is 0 Å². The second-order valence-electron chi connectivity index (χ2n) is 6.87. The molecule has 0 saturated heterocycles. The highest BCUT2D eigenvalue weighted by Gasteiger charge is 2.09. The molecule has 3 nitrogen and oxygen atoms in total. The third kappa shape index (κ3) is 4.43. The molecular formula is C22H23N3S2. The van der Waals surface area contributed by atoms with E-state index in [1.807, 2.05) is 11.8 Å². The molecule has 138 valence electrons. The Morgan fingerprint density at radius 1 is 1.11 bits per heavy atom. The van der Waals surface area contributed by atoms with Crippen molar-refractivity contribution in [2.24, 2.45) is 0 Å². The second kappa shape index (κ2) is 8.30. The molecular weight excluding hydrogens is 370 g/mol. The minimum absolute atomic E-state index is 0.904. The summed E-state index contributed by atoms with van der Waals surface area (Å²) in [5, 5.41) is 4.59. The molecule has 0 saturated carbocycles. The number of benzene rings is 2. The van der Waals surface area contributed by atoms with Crippen LogP contribution < -0.4 is 0 Å². The first-order chi connectivity index (χ1) is 13.2. The molecule has 5 heteroatoms. The highest BCUT2D eigenvalue weighted by atomic mass is 32.2. The molecule has 2 heterocycles. The molecule has 0 spiro atoms. The number of aromatic nitrogens is 2. The van der Waals surface area contributed by atoms with Gasteiger partial charge in [-0.3, -0.25) is 0 Å². The zero-order valence-electron chi connectivity index (χ0n) is 15.6.